The van der Waals surface area contributed by atoms with Gasteiger partial charge in [0, 0.05) is 25.1 Å². The number of H-pyrrole nitrogens is 1. The summed E-state index contributed by atoms with van der Waals surface area (Å²) in [5, 5.41) is 2.47. The first-order valence-electron chi connectivity index (χ1n) is 9.37. The van der Waals surface area contributed by atoms with E-state index in [-0.39, 0.29) is 22.7 Å². The summed E-state index contributed by atoms with van der Waals surface area (Å²) in [7, 11) is 1.54. The second-order valence-electron chi connectivity index (χ2n) is 6.52. The number of hydrogen-bond donors (Lipinski definition) is 2. The third kappa shape index (κ3) is 6.11. The van der Waals surface area contributed by atoms with Crippen LogP contribution < -0.4 is 20.3 Å². The maximum atomic E-state index is 13.2. The Kier molecular flexibility index (Phi) is 7.16. The number of pyridine rings is 1. The molecule has 0 spiro atoms. The highest BCUT2D eigenvalue weighted by molar-refractivity contribution is 6.06. The molecule has 1 aromatic heterocycles. The summed E-state index contributed by atoms with van der Waals surface area (Å²) in [5.41, 5.74) is -1.37. The van der Waals surface area contributed by atoms with Crippen LogP contribution in [0.2, 0.25) is 0 Å². The van der Waals surface area contributed by atoms with Gasteiger partial charge in [-0.1, -0.05) is 0 Å². The van der Waals surface area contributed by atoms with Gasteiger partial charge in [0.25, 0.3) is 5.91 Å². The predicted molar refractivity (Wildman–Crippen MR) is 110 cm³/mol. The van der Waals surface area contributed by atoms with Gasteiger partial charge in [-0.05, 0) is 48.5 Å². The van der Waals surface area contributed by atoms with Crippen LogP contribution >= 0.6 is 0 Å². The van der Waals surface area contributed by atoms with E-state index in [9.17, 15) is 22.8 Å². The Hall–Kier alpha value is -3.79. The average molecular weight is 448 g/mol. The number of hydrogen-bond acceptors (Lipinski definition) is 5. The third-order valence-electron chi connectivity index (χ3n) is 4.19. The Balaban J connectivity index is 1.86. The monoisotopic (exact) mass is 448 g/mol. The van der Waals surface area contributed by atoms with Gasteiger partial charge in [0.1, 0.15) is 23.9 Å². The molecule has 7 nitrogen and oxygen atoms in total. The molecule has 0 saturated carbocycles. The maximum Gasteiger partial charge on any atom is 0.416 e. The summed E-state index contributed by atoms with van der Waals surface area (Å²) < 4.78 is 55.6. The lowest BCUT2D eigenvalue weighted by molar-refractivity contribution is -0.137. The van der Waals surface area contributed by atoms with Crippen LogP contribution in [0.1, 0.15) is 15.9 Å². The van der Waals surface area contributed by atoms with E-state index in [1.807, 2.05) is 0 Å². The number of amides is 1. The second kappa shape index (κ2) is 10.0. The van der Waals surface area contributed by atoms with Crippen molar-refractivity contribution in [2.75, 3.05) is 25.6 Å². The zero-order chi connectivity index (χ0) is 23.1. The summed E-state index contributed by atoms with van der Waals surface area (Å²) >= 11 is 0. The molecule has 2 aromatic carbocycles. The Labute approximate surface area is 180 Å². The zero-order valence-electron chi connectivity index (χ0n) is 16.9. The van der Waals surface area contributed by atoms with E-state index in [1.54, 1.807) is 19.2 Å². The van der Waals surface area contributed by atoms with Crippen molar-refractivity contribution in [2.24, 2.45) is 0 Å². The van der Waals surface area contributed by atoms with E-state index < -0.39 is 23.2 Å². The van der Waals surface area contributed by atoms with Crippen LogP contribution in [0.25, 0.3) is 0 Å². The Bertz CT molecular complexity index is 1130. The molecule has 0 bridgehead atoms. The van der Waals surface area contributed by atoms with Gasteiger partial charge in [-0.25, -0.2) is 0 Å². The standard InChI is InChI=1S/C22H19F3N2O5/c1-30-10-11-31-16-3-5-17(6-4-16)32-19-12-14(22(23,24)25)2-7-18(19)21(29)27-15-8-9-26-20(28)13-15/h2-9,12-13H,10-11H2,1H3,(H2,26,27,28,29). The van der Waals surface area contributed by atoms with Crippen LogP contribution in [0.3, 0.4) is 0 Å². The molecular formula is C22H19F3N2O5. The lowest BCUT2D eigenvalue weighted by Gasteiger charge is -2.15. The number of benzene rings is 2. The topological polar surface area (TPSA) is 89.7 Å². The number of aromatic amines is 1. The molecule has 3 rings (SSSR count). The number of rotatable bonds is 8. The molecule has 2 N–H and O–H groups in total. The number of methoxy groups -OCH3 is 1. The third-order valence-corrected chi connectivity index (χ3v) is 4.19. The first-order valence-corrected chi connectivity index (χ1v) is 9.37. The van der Waals surface area contributed by atoms with Gasteiger partial charge in [-0.2, -0.15) is 13.2 Å². The molecule has 1 heterocycles. The molecule has 0 aliphatic carbocycles. The highest BCUT2D eigenvalue weighted by Crippen LogP contribution is 2.35. The summed E-state index contributed by atoms with van der Waals surface area (Å²) in [6.07, 6.45) is -3.29. The van der Waals surface area contributed by atoms with Crippen LogP contribution in [0, 0.1) is 0 Å². The van der Waals surface area contributed by atoms with E-state index >= 15 is 0 Å². The van der Waals surface area contributed by atoms with Gasteiger partial charge in [-0.15, -0.1) is 0 Å². The maximum absolute atomic E-state index is 13.2. The molecule has 0 unspecified atom stereocenters. The zero-order valence-corrected chi connectivity index (χ0v) is 16.9. The van der Waals surface area contributed by atoms with E-state index in [1.165, 1.54) is 24.4 Å². The summed E-state index contributed by atoms with van der Waals surface area (Å²) in [4.78, 5) is 26.5. The number of nitrogens with one attached hydrogen (secondary N) is 2. The number of aromatic nitrogens is 1. The molecule has 0 saturated heterocycles. The molecule has 10 heteroatoms. The number of carbonyl (C=O) groups is 1. The quantitative estimate of drug-likeness (QED) is 0.497. The number of carbonyl (C=O) groups excluding carboxylic acids is 1. The van der Waals surface area contributed by atoms with Crippen LogP contribution in [-0.4, -0.2) is 31.2 Å². The Morgan fingerprint density at radius 3 is 2.38 bits per heavy atom. The smallest absolute Gasteiger partial charge is 0.416 e. The van der Waals surface area contributed by atoms with Crippen molar-refractivity contribution < 1.29 is 32.2 Å². The molecule has 0 radical (unpaired) electrons. The minimum Gasteiger partial charge on any atom is -0.491 e. The SMILES string of the molecule is COCCOc1ccc(Oc2cc(C(F)(F)F)ccc2C(=O)Nc2cc[nH]c(=O)c2)cc1. The summed E-state index contributed by atoms with van der Waals surface area (Å²) in [6, 6.07) is 11.3. The molecule has 0 fully saturated rings. The van der Waals surface area contributed by atoms with Crippen molar-refractivity contribution in [1.82, 2.24) is 4.98 Å². The number of ether oxygens (including phenoxy) is 3. The lowest BCUT2D eigenvalue weighted by Crippen LogP contribution is -2.16. The molecule has 0 aliphatic rings. The van der Waals surface area contributed by atoms with E-state index in [2.05, 4.69) is 10.3 Å². The Morgan fingerprint density at radius 2 is 1.72 bits per heavy atom. The fraction of sp³-hybridized carbons (Fsp3) is 0.182. The first-order chi connectivity index (χ1) is 15.3. The minimum absolute atomic E-state index is 0.140. The molecule has 32 heavy (non-hydrogen) atoms. The van der Waals surface area contributed by atoms with Crippen LogP contribution in [-0.2, 0) is 10.9 Å². The van der Waals surface area contributed by atoms with E-state index in [0.29, 0.717) is 19.0 Å². The first kappa shape index (κ1) is 22.9. The fourth-order valence-corrected chi connectivity index (χ4v) is 2.67. The van der Waals surface area contributed by atoms with Crippen LogP contribution in [0.15, 0.2) is 65.6 Å². The molecule has 0 aliphatic heterocycles. The van der Waals surface area contributed by atoms with Gasteiger partial charge >= 0.3 is 6.18 Å². The normalized spacial score (nSPS) is 11.1. The van der Waals surface area contributed by atoms with E-state index in [4.69, 9.17) is 14.2 Å². The number of halogens is 3. The predicted octanol–water partition coefficient (Wildman–Crippen LogP) is 4.46. The number of alkyl halides is 3. The minimum atomic E-state index is -4.63. The van der Waals surface area contributed by atoms with Crippen molar-refractivity contribution in [3.63, 3.8) is 0 Å². The molecule has 1 amide bonds. The molecule has 0 atom stereocenters. The largest absolute Gasteiger partial charge is 0.491 e. The highest BCUT2D eigenvalue weighted by Gasteiger charge is 2.32. The van der Waals surface area contributed by atoms with Crippen molar-refractivity contribution in [1.29, 1.82) is 0 Å². The van der Waals surface area contributed by atoms with Gasteiger partial charge in [0.05, 0.1) is 17.7 Å². The summed E-state index contributed by atoms with van der Waals surface area (Å²) in [6.45, 7) is 0.727. The Morgan fingerprint density at radius 1 is 1.00 bits per heavy atom. The molecular weight excluding hydrogens is 429 g/mol. The van der Waals surface area contributed by atoms with Gasteiger partial charge in [0.15, 0.2) is 0 Å². The van der Waals surface area contributed by atoms with Crippen LogP contribution in [0.5, 0.6) is 17.2 Å². The van der Waals surface area contributed by atoms with Crippen molar-refractivity contribution >= 4 is 11.6 Å². The second-order valence-corrected chi connectivity index (χ2v) is 6.52. The van der Waals surface area contributed by atoms with E-state index in [0.717, 1.165) is 24.3 Å². The van der Waals surface area contributed by atoms with Gasteiger partial charge < -0.3 is 24.5 Å². The summed E-state index contributed by atoms with van der Waals surface area (Å²) in [5.74, 6) is -0.312. The van der Waals surface area contributed by atoms with Crippen molar-refractivity contribution in [3.8, 4) is 17.2 Å². The molecule has 3 aromatic rings. The molecule has 168 valence electrons. The lowest BCUT2D eigenvalue weighted by atomic mass is 10.1. The van der Waals surface area contributed by atoms with Gasteiger partial charge in [-0.3, -0.25) is 9.59 Å². The number of anilines is 1. The highest BCUT2D eigenvalue weighted by atomic mass is 19.4. The van der Waals surface area contributed by atoms with Crippen molar-refractivity contribution in [2.45, 2.75) is 6.18 Å². The van der Waals surface area contributed by atoms with Crippen LogP contribution in [0.4, 0.5) is 18.9 Å². The van der Waals surface area contributed by atoms with Gasteiger partial charge in [0.2, 0.25) is 5.56 Å². The fourth-order valence-electron chi connectivity index (χ4n) is 2.67. The average Bonchev–Trinajstić information content (AvgIpc) is 2.74. The van der Waals surface area contributed by atoms with Crippen molar-refractivity contribution in [3.05, 3.63) is 82.3 Å².